The van der Waals surface area contributed by atoms with Crippen LogP contribution in [0.3, 0.4) is 0 Å². The van der Waals surface area contributed by atoms with Crippen molar-refractivity contribution in [2.45, 2.75) is 45.2 Å². The first-order valence-corrected chi connectivity index (χ1v) is 4.54. The van der Waals surface area contributed by atoms with Gasteiger partial charge in [-0.2, -0.15) is 0 Å². The molecule has 0 N–H and O–H groups in total. The third-order valence-corrected chi connectivity index (χ3v) is 2.47. The van der Waals surface area contributed by atoms with Crippen molar-refractivity contribution in [3.63, 3.8) is 0 Å². The summed E-state index contributed by atoms with van der Waals surface area (Å²) in [7, 11) is 3.04. The van der Waals surface area contributed by atoms with Gasteiger partial charge in [0.05, 0.1) is 17.1 Å². The quantitative estimate of drug-likeness (QED) is 0.375. The van der Waals surface area contributed by atoms with Gasteiger partial charge < -0.3 is 10.0 Å². The molecule has 1 saturated heterocycles. The zero-order valence-corrected chi connectivity index (χ0v) is 8.14. The van der Waals surface area contributed by atoms with Crippen LogP contribution in [0.25, 0.3) is 0 Å². The molecule has 0 aliphatic carbocycles. The fourth-order valence-electron chi connectivity index (χ4n) is 1.84. The van der Waals surface area contributed by atoms with Crippen molar-refractivity contribution in [3.8, 4) is 0 Å². The second kappa shape index (κ2) is 4.30. The van der Waals surface area contributed by atoms with Crippen molar-refractivity contribution in [2.75, 3.05) is 0 Å². The smallest absolute Gasteiger partial charge is 0.233 e. The third kappa shape index (κ3) is 2.23. The summed E-state index contributed by atoms with van der Waals surface area (Å²) >= 11 is 0. The van der Waals surface area contributed by atoms with Gasteiger partial charge in [-0.15, -0.1) is 5.01 Å². The number of hydrogen-bond donors (Lipinski definition) is 0. The topological polar surface area (TPSA) is 50.9 Å². The molecule has 0 bridgehead atoms. The minimum absolute atomic E-state index is 0.222. The molecule has 1 aliphatic rings. The van der Waals surface area contributed by atoms with Crippen molar-refractivity contribution in [1.29, 1.82) is 0 Å². The van der Waals surface area contributed by atoms with Crippen LogP contribution in [0, 0.1) is 12.3 Å². The fraction of sp³-hybridized carbons (Fsp3) is 0.875. The zero-order valence-electron chi connectivity index (χ0n) is 8.14. The lowest BCUT2D eigenvalue weighted by Crippen LogP contribution is -2.47. The van der Waals surface area contributed by atoms with E-state index in [4.69, 9.17) is 0 Å². The number of hydrazine groups is 1. The van der Waals surface area contributed by atoms with E-state index in [2.05, 4.69) is 17.2 Å². The van der Waals surface area contributed by atoms with Crippen LogP contribution in [0.15, 0.2) is 5.28 Å². The molecule has 5 heteroatoms. The highest BCUT2D eigenvalue weighted by Crippen LogP contribution is 2.22. The highest BCUT2D eigenvalue weighted by Gasteiger charge is 2.31. The van der Waals surface area contributed by atoms with Crippen LogP contribution in [-0.2, 0) is 4.84 Å². The Bertz CT molecular complexity index is 186. The highest BCUT2D eigenvalue weighted by molar-refractivity contribution is 4.72. The molecule has 0 aromatic heterocycles. The second-order valence-corrected chi connectivity index (χ2v) is 3.47. The second-order valence-electron chi connectivity index (χ2n) is 3.47. The predicted octanol–water partition coefficient (Wildman–Crippen LogP) is 1.85. The Hall–Kier alpha value is -1.00. The maximum absolute atomic E-state index is 11.3. The van der Waals surface area contributed by atoms with Crippen LogP contribution < -0.4 is 0 Å². The van der Waals surface area contributed by atoms with E-state index in [1.807, 2.05) is 13.8 Å². The van der Waals surface area contributed by atoms with E-state index in [9.17, 15) is 5.21 Å². The summed E-state index contributed by atoms with van der Waals surface area (Å²) in [4.78, 5) is 4.70. The molecule has 5 nitrogen and oxygen atoms in total. The molecular formula is C8H16N3O2. The molecule has 0 saturated carbocycles. The van der Waals surface area contributed by atoms with Gasteiger partial charge in [0.25, 0.3) is 0 Å². The maximum Gasteiger partial charge on any atom is 0.233 e. The summed E-state index contributed by atoms with van der Waals surface area (Å²) in [6.45, 7) is 4.03. The Labute approximate surface area is 78.5 Å². The summed E-state index contributed by atoms with van der Waals surface area (Å²) in [6.07, 6.45) is 3.21. The lowest BCUT2D eigenvalue weighted by atomic mass is 10.00. The Morgan fingerprint density at radius 1 is 1.46 bits per heavy atom. The number of nitrogens with zero attached hydrogens (tertiary/aromatic N) is 3. The Balaban J connectivity index is 2.68. The van der Waals surface area contributed by atoms with Crippen LogP contribution in [0.2, 0.25) is 0 Å². The third-order valence-electron chi connectivity index (χ3n) is 2.47. The van der Waals surface area contributed by atoms with Crippen LogP contribution in [0.1, 0.15) is 33.1 Å². The summed E-state index contributed by atoms with van der Waals surface area (Å²) in [5, 5.41) is 16.2. The van der Waals surface area contributed by atoms with Gasteiger partial charge in [-0.05, 0) is 33.1 Å². The first kappa shape index (κ1) is 10.1. The SMILES string of the molecule is [CH2]O/N=[N+](\[O-])N1[C@H](C)CCC[C@@H]1C. The maximum atomic E-state index is 11.3. The lowest BCUT2D eigenvalue weighted by molar-refractivity contribution is -0.725. The number of hydrogen-bond acceptors (Lipinski definition) is 3. The standard InChI is InChI=1S/C8H16N3O2/c1-7-5-4-6-8(2)10(7)11(12)9-13-3/h7-8H,3-6H2,1-2H3/b11-9-/t7-,8+. The van der Waals surface area contributed by atoms with Gasteiger partial charge in [-0.3, -0.25) is 0 Å². The molecule has 1 heterocycles. The van der Waals surface area contributed by atoms with E-state index in [1.165, 1.54) is 0 Å². The fourth-order valence-corrected chi connectivity index (χ4v) is 1.84. The summed E-state index contributed by atoms with van der Waals surface area (Å²) in [5.74, 6) is 0. The van der Waals surface area contributed by atoms with E-state index in [-0.39, 0.29) is 12.1 Å². The van der Waals surface area contributed by atoms with Gasteiger partial charge in [-0.1, -0.05) is 0 Å². The Morgan fingerprint density at radius 2 is 2.00 bits per heavy atom. The van der Waals surface area contributed by atoms with E-state index >= 15 is 0 Å². The minimum Gasteiger partial charge on any atom is -0.569 e. The summed E-state index contributed by atoms with van der Waals surface area (Å²) < 4.78 is 0. The van der Waals surface area contributed by atoms with E-state index in [0.29, 0.717) is 4.97 Å². The van der Waals surface area contributed by atoms with Crippen LogP contribution in [-0.4, -0.2) is 22.1 Å². The molecule has 0 unspecified atom stereocenters. The number of rotatable bonds is 2. The Kier molecular flexibility index (Phi) is 3.33. The van der Waals surface area contributed by atoms with Crippen molar-refractivity contribution in [2.24, 2.45) is 5.28 Å². The predicted molar refractivity (Wildman–Crippen MR) is 47.1 cm³/mol. The van der Waals surface area contributed by atoms with Crippen molar-refractivity contribution in [3.05, 3.63) is 12.3 Å². The van der Waals surface area contributed by atoms with Gasteiger partial charge in [0, 0.05) is 0 Å². The molecule has 13 heavy (non-hydrogen) atoms. The normalized spacial score (nSPS) is 30.4. The molecule has 1 rings (SSSR count). The molecule has 75 valence electrons. The molecule has 1 fully saturated rings. The number of piperidine rings is 1. The lowest BCUT2D eigenvalue weighted by Gasteiger charge is -2.33. The van der Waals surface area contributed by atoms with E-state index in [1.54, 1.807) is 5.01 Å². The first-order valence-electron chi connectivity index (χ1n) is 4.54. The largest absolute Gasteiger partial charge is 0.569 e. The zero-order chi connectivity index (χ0) is 9.84. The molecule has 1 radical (unpaired) electrons. The van der Waals surface area contributed by atoms with Crippen LogP contribution >= 0.6 is 0 Å². The molecule has 1 aliphatic heterocycles. The van der Waals surface area contributed by atoms with Gasteiger partial charge in [0.15, 0.2) is 7.11 Å². The van der Waals surface area contributed by atoms with Crippen LogP contribution in [0.4, 0.5) is 0 Å². The van der Waals surface area contributed by atoms with E-state index < -0.39 is 0 Å². The van der Waals surface area contributed by atoms with E-state index in [0.717, 1.165) is 19.3 Å². The van der Waals surface area contributed by atoms with Crippen LogP contribution in [0.5, 0.6) is 0 Å². The molecule has 2 atom stereocenters. The van der Waals surface area contributed by atoms with Gasteiger partial charge in [0.2, 0.25) is 5.28 Å². The molecule has 0 aromatic rings. The van der Waals surface area contributed by atoms with Gasteiger partial charge in [-0.25, -0.2) is 0 Å². The van der Waals surface area contributed by atoms with Gasteiger partial charge >= 0.3 is 0 Å². The highest BCUT2D eigenvalue weighted by atomic mass is 16.7. The molecule has 0 amide bonds. The minimum atomic E-state index is 0.222. The van der Waals surface area contributed by atoms with Crippen molar-refractivity contribution < 1.29 is 9.81 Å². The van der Waals surface area contributed by atoms with Gasteiger partial charge in [0.1, 0.15) is 0 Å². The molecule has 0 spiro atoms. The average molecular weight is 186 g/mol. The molecular weight excluding hydrogens is 170 g/mol. The van der Waals surface area contributed by atoms with Crippen molar-refractivity contribution >= 4 is 0 Å². The molecule has 0 aromatic carbocycles. The van der Waals surface area contributed by atoms with Crippen molar-refractivity contribution in [1.82, 2.24) is 5.01 Å². The monoisotopic (exact) mass is 186 g/mol. The summed E-state index contributed by atoms with van der Waals surface area (Å²) in [6, 6.07) is 0.445. The Morgan fingerprint density at radius 3 is 2.46 bits per heavy atom. The first-order chi connectivity index (χ1) is 6.16. The average Bonchev–Trinajstić information content (AvgIpc) is 2.04. The summed E-state index contributed by atoms with van der Waals surface area (Å²) in [5.41, 5.74) is 0.